The van der Waals surface area contributed by atoms with E-state index < -0.39 is 29.5 Å². The number of rotatable bonds is 4. The van der Waals surface area contributed by atoms with Gasteiger partial charge in [-0.15, -0.1) is 0 Å². The minimum absolute atomic E-state index is 0.240. The second-order valence-electron chi connectivity index (χ2n) is 8.43. The summed E-state index contributed by atoms with van der Waals surface area (Å²) in [5.41, 5.74) is 0.859. The van der Waals surface area contributed by atoms with E-state index in [1.165, 1.54) is 4.90 Å². The van der Waals surface area contributed by atoms with Crippen molar-refractivity contribution < 1.29 is 19.5 Å². The van der Waals surface area contributed by atoms with Crippen LogP contribution in [0.5, 0.6) is 0 Å². The summed E-state index contributed by atoms with van der Waals surface area (Å²) >= 11 is 3.44. The van der Waals surface area contributed by atoms with Crippen LogP contribution in [-0.4, -0.2) is 46.4 Å². The van der Waals surface area contributed by atoms with E-state index in [2.05, 4.69) is 26.6 Å². The molecule has 160 valence electrons. The molecule has 5 rings (SSSR count). The highest BCUT2D eigenvalue weighted by molar-refractivity contribution is 9.10. The number of likely N-dealkylation sites (tertiary alicyclic amines) is 1. The lowest BCUT2D eigenvalue weighted by molar-refractivity contribution is -0.143. The standard InChI is InChI=1S/C23H22BrN3O4/c1-12(28)19-17-18(21(30)27(20(17)29)10-9-13-5-3-2-4-6-13)23(26-19)15-11-14(24)7-8-16(15)25-22(23)31/h2-8,11-12,17-19,26,28H,9-10H2,1H3,(H,25,31)/t12-,17-,18-,19+,23-/m0/s1. The summed E-state index contributed by atoms with van der Waals surface area (Å²) < 4.78 is 0.763. The normalized spacial score (nSPS) is 30.0. The Morgan fingerprint density at radius 2 is 1.87 bits per heavy atom. The molecule has 3 heterocycles. The molecule has 2 fully saturated rings. The zero-order valence-electron chi connectivity index (χ0n) is 16.8. The second-order valence-corrected chi connectivity index (χ2v) is 9.35. The fourth-order valence-corrected chi connectivity index (χ4v) is 5.65. The number of nitrogens with one attached hydrogen (secondary N) is 2. The molecular weight excluding hydrogens is 462 g/mol. The lowest BCUT2D eigenvalue weighted by Crippen LogP contribution is -2.55. The van der Waals surface area contributed by atoms with Crippen LogP contribution in [0.1, 0.15) is 18.1 Å². The molecule has 3 N–H and O–H groups in total. The number of imide groups is 1. The third kappa shape index (κ3) is 2.89. The van der Waals surface area contributed by atoms with E-state index in [0.29, 0.717) is 17.7 Å². The van der Waals surface area contributed by atoms with Crippen LogP contribution in [0.4, 0.5) is 5.69 Å². The molecule has 2 aromatic carbocycles. The number of halogens is 1. The highest BCUT2D eigenvalue weighted by Gasteiger charge is 2.71. The molecular formula is C23H22BrN3O4. The quantitative estimate of drug-likeness (QED) is 0.575. The average Bonchev–Trinajstić information content (AvgIpc) is 3.33. The van der Waals surface area contributed by atoms with Gasteiger partial charge in [-0.3, -0.25) is 24.6 Å². The van der Waals surface area contributed by atoms with Gasteiger partial charge in [-0.25, -0.2) is 0 Å². The van der Waals surface area contributed by atoms with Crippen LogP contribution in [0.3, 0.4) is 0 Å². The van der Waals surface area contributed by atoms with Gasteiger partial charge in [0.1, 0.15) is 5.54 Å². The number of aliphatic hydroxyl groups is 1. The molecule has 3 amide bonds. The molecule has 0 bridgehead atoms. The van der Waals surface area contributed by atoms with Gasteiger partial charge >= 0.3 is 0 Å². The zero-order chi connectivity index (χ0) is 21.9. The number of carbonyl (C=O) groups is 3. The first kappa shape index (κ1) is 20.4. The maximum atomic E-state index is 13.6. The Kier molecular flexibility index (Phi) is 4.76. The molecule has 2 aromatic rings. The number of hydrogen-bond donors (Lipinski definition) is 3. The van der Waals surface area contributed by atoms with E-state index in [1.807, 2.05) is 36.4 Å². The van der Waals surface area contributed by atoms with E-state index in [9.17, 15) is 19.5 Å². The molecule has 7 nitrogen and oxygen atoms in total. The van der Waals surface area contributed by atoms with Crippen molar-refractivity contribution in [3.63, 3.8) is 0 Å². The summed E-state index contributed by atoms with van der Waals surface area (Å²) in [6.07, 6.45) is -0.381. The number of carbonyl (C=O) groups excluding carboxylic acids is 3. The number of anilines is 1. The molecule has 3 aliphatic heterocycles. The van der Waals surface area contributed by atoms with Crippen LogP contribution in [0.15, 0.2) is 53.0 Å². The van der Waals surface area contributed by atoms with Gasteiger partial charge in [0.15, 0.2) is 0 Å². The Morgan fingerprint density at radius 3 is 2.58 bits per heavy atom. The van der Waals surface area contributed by atoms with Crippen molar-refractivity contribution in [2.75, 3.05) is 11.9 Å². The first-order chi connectivity index (χ1) is 14.8. The monoisotopic (exact) mass is 483 g/mol. The van der Waals surface area contributed by atoms with Crippen molar-refractivity contribution in [2.24, 2.45) is 11.8 Å². The molecule has 0 aromatic heterocycles. The van der Waals surface area contributed by atoms with Gasteiger partial charge < -0.3 is 10.4 Å². The molecule has 0 saturated carbocycles. The number of hydrogen-bond acceptors (Lipinski definition) is 5. The Hall–Kier alpha value is -2.55. The van der Waals surface area contributed by atoms with Crippen LogP contribution in [0.2, 0.25) is 0 Å². The van der Waals surface area contributed by atoms with Gasteiger partial charge in [0.25, 0.3) is 0 Å². The molecule has 1 spiro atoms. The highest BCUT2D eigenvalue weighted by Crippen LogP contribution is 2.53. The number of nitrogens with zero attached hydrogens (tertiary/aromatic N) is 1. The Morgan fingerprint density at radius 1 is 1.13 bits per heavy atom. The van der Waals surface area contributed by atoms with Crippen molar-refractivity contribution >= 4 is 39.3 Å². The van der Waals surface area contributed by atoms with E-state index in [0.717, 1.165) is 10.0 Å². The van der Waals surface area contributed by atoms with E-state index in [1.54, 1.807) is 19.1 Å². The highest BCUT2D eigenvalue weighted by atomic mass is 79.9. The Balaban J connectivity index is 1.55. The summed E-state index contributed by atoms with van der Waals surface area (Å²) in [5.74, 6) is -2.79. The smallest absolute Gasteiger partial charge is 0.250 e. The lowest BCUT2D eigenvalue weighted by Gasteiger charge is -2.30. The van der Waals surface area contributed by atoms with E-state index in [-0.39, 0.29) is 24.3 Å². The predicted octanol–water partition coefficient (Wildman–Crippen LogP) is 1.79. The fraction of sp³-hybridized carbons (Fsp3) is 0.348. The molecule has 0 unspecified atom stereocenters. The summed E-state index contributed by atoms with van der Waals surface area (Å²) in [7, 11) is 0. The number of aliphatic hydroxyl groups excluding tert-OH is 1. The van der Waals surface area contributed by atoms with Gasteiger partial charge in [0.2, 0.25) is 17.7 Å². The van der Waals surface area contributed by atoms with Crippen molar-refractivity contribution in [3.8, 4) is 0 Å². The zero-order valence-corrected chi connectivity index (χ0v) is 18.4. The SMILES string of the molecule is C[C@H](O)[C@H]1N[C@]2(C(=O)Nc3ccc(Br)cc32)[C@@H]2C(=O)N(CCc3ccccc3)C(=O)[C@H]12. The number of benzene rings is 2. The first-order valence-electron chi connectivity index (χ1n) is 10.3. The Bertz CT molecular complexity index is 1090. The molecule has 0 aliphatic carbocycles. The molecule has 0 radical (unpaired) electrons. The number of fused-ring (bicyclic) bond motifs is 4. The largest absolute Gasteiger partial charge is 0.392 e. The average molecular weight is 484 g/mol. The van der Waals surface area contributed by atoms with E-state index >= 15 is 0 Å². The van der Waals surface area contributed by atoms with Gasteiger partial charge in [-0.05, 0) is 37.1 Å². The third-order valence-electron chi connectivity index (χ3n) is 6.69. The van der Waals surface area contributed by atoms with Gasteiger partial charge in [-0.2, -0.15) is 0 Å². The predicted molar refractivity (Wildman–Crippen MR) is 117 cm³/mol. The van der Waals surface area contributed by atoms with Crippen LogP contribution in [-0.2, 0) is 26.3 Å². The van der Waals surface area contributed by atoms with E-state index in [4.69, 9.17) is 0 Å². The number of amides is 3. The van der Waals surface area contributed by atoms with Crippen molar-refractivity contribution in [1.29, 1.82) is 0 Å². The molecule has 8 heteroatoms. The van der Waals surface area contributed by atoms with Crippen molar-refractivity contribution in [2.45, 2.75) is 31.0 Å². The Labute approximate surface area is 187 Å². The summed E-state index contributed by atoms with van der Waals surface area (Å²) in [4.78, 5) is 41.5. The van der Waals surface area contributed by atoms with Crippen molar-refractivity contribution in [1.82, 2.24) is 10.2 Å². The lowest BCUT2D eigenvalue weighted by atomic mass is 9.76. The molecule has 3 aliphatic rings. The fourth-order valence-electron chi connectivity index (χ4n) is 5.28. The van der Waals surface area contributed by atoms with Crippen LogP contribution < -0.4 is 10.6 Å². The van der Waals surface area contributed by atoms with Crippen LogP contribution in [0.25, 0.3) is 0 Å². The molecule has 5 atom stereocenters. The summed E-state index contributed by atoms with van der Waals surface area (Å²) in [6.45, 7) is 1.82. The summed E-state index contributed by atoms with van der Waals surface area (Å²) in [6, 6.07) is 14.3. The minimum Gasteiger partial charge on any atom is -0.392 e. The second kappa shape index (κ2) is 7.25. The minimum atomic E-state index is -1.39. The third-order valence-corrected chi connectivity index (χ3v) is 7.18. The van der Waals surface area contributed by atoms with Gasteiger partial charge in [0, 0.05) is 28.3 Å². The van der Waals surface area contributed by atoms with Crippen LogP contribution in [0, 0.1) is 11.8 Å². The van der Waals surface area contributed by atoms with Gasteiger partial charge in [0.05, 0.1) is 17.9 Å². The summed E-state index contributed by atoms with van der Waals surface area (Å²) in [5, 5.41) is 16.5. The maximum Gasteiger partial charge on any atom is 0.250 e. The first-order valence-corrected chi connectivity index (χ1v) is 11.1. The van der Waals surface area contributed by atoms with Gasteiger partial charge in [-0.1, -0.05) is 46.3 Å². The molecule has 31 heavy (non-hydrogen) atoms. The van der Waals surface area contributed by atoms with Crippen molar-refractivity contribution in [3.05, 3.63) is 64.1 Å². The maximum absolute atomic E-state index is 13.6. The molecule has 2 saturated heterocycles. The topological polar surface area (TPSA) is 98.7 Å². The van der Waals surface area contributed by atoms with Crippen LogP contribution >= 0.6 is 15.9 Å².